The van der Waals surface area contributed by atoms with Crippen molar-refractivity contribution >= 4 is 58.4 Å². The standard InChI is InChI=1S/C21H21Cl2N3O4S/c1-4-30-18-10-14(24-12(3)27)6-8-16(18)19(28)25-26-20(29)11(2)31-21(26)15-7-5-13(22)9-17(15)23/h5-11,21H,4H2,1-3H3,(H,24,27)(H,25,28)/t11-,21-/m0/s1. The zero-order valence-electron chi connectivity index (χ0n) is 17.1. The molecule has 10 heteroatoms. The third-order valence-corrected chi connectivity index (χ3v) is 6.34. The Morgan fingerprint density at radius 3 is 2.58 bits per heavy atom. The molecule has 0 aliphatic carbocycles. The van der Waals surface area contributed by atoms with Gasteiger partial charge in [-0.15, -0.1) is 11.8 Å². The smallest absolute Gasteiger partial charge is 0.273 e. The number of nitrogens with one attached hydrogen (secondary N) is 2. The highest BCUT2D eigenvalue weighted by molar-refractivity contribution is 8.01. The van der Waals surface area contributed by atoms with Crippen LogP contribution in [0.3, 0.4) is 0 Å². The van der Waals surface area contributed by atoms with Crippen molar-refractivity contribution in [2.75, 3.05) is 11.9 Å². The summed E-state index contributed by atoms with van der Waals surface area (Å²) in [5, 5.41) is 3.94. The van der Waals surface area contributed by atoms with Gasteiger partial charge in [-0.1, -0.05) is 29.3 Å². The van der Waals surface area contributed by atoms with Crippen LogP contribution in [0.25, 0.3) is 0 Å². The quantitative estimate of drug-likeness (QED) is 0.626. The summed E-state index contributed by atoms with van der Waals surface area (Å²) >= 11 is 13.7. The monoisotopic (exact) mass is 481 g/mol. The van der Waals surface area contributed by atoms with Crippen LogP contribution < -0.4 is 15.5 Å². The summed E-state index contributed by atoms with van der Waals surface area (Å²) in [6, 6.07) is 9.71. The first-order chi connectivity index (χ1) is 14.7. The molecule has 0 bridgehead atoms. The van der Waals surface area contributed by atoms with Crippen molar-refractivity contribution in [1.82, 2.24) is 10.4 Å². The second kappa shape index (κ2) is 9.80. The fourth-order valence-corrected chi connectivity index (χ4v) is 4.91. The topological polar surface area (TPSA) is 87.7 Å². The third-order valence-electron chi connectivity index (χ3n) is 4.45. The number of thioether (sulfide) groups is 1. The molecule has 0 aromatic heterocycles. The summed E-state index contributed by atoms with van der Waals surface area (Å²) in [5.74, 6) is -0.714. The average molecular weight is 482 g/mol. The number of halogens is 2. The highest BCUT2D eigenvalue weighted by atomic mass is 35.5. The number of ether oxygens (including phenoxy) is 1. The number of rotatable bonds is 6. The number of carbonyl (C=O) groups is 3. The highest BCUT2D eigenvalue weighted by Crippen LogP contribution is 2.44. The van der Waals surface area contributed by atoms with Gasteiger partial charge in [-0.3, -0.25) is 19.8 Å². The van der Waals surface area contributed by atoms with Gasteiger partial charge in [0.05, 0.1) is 17.4 Å². The van der Waals surface area contributed by atoms with E-state index in [1.165, 1.54) is 29.8 Å². The number of hydrogen-bond acceptors (Lipinski definition) is 5. The van der Waals surface area contributed by atoms with E-state index in [2.05, 4.69) is 10.7 Å². The van der Waals surface area contributed by atoms with E-state index in [1.54, 1.807) is 44.2 Å². The van der Waals surface area contributed by atoms with E-state index in [1.807, 2.05) is 0 Å². The average Bonchev–Trinajstić information content (AvgIpc) is 2.96. The number of nitrogens with zero attached hydrogens (tertiary/aromatic N) is 1. The van der Waals surface area contributed by atoms with Crippen molar-refractivity contribution in [3.05, 3.63) is 57.6 Å². The van der Waals surface area contributed by atoms with E-state index in [4.69, 9.17) is 27.9 Å². The normalized spacial score (nSPS) is 18.1. The van der Waals surface area contributed by atoms with Gasteiger partial charge in [0.2, 0.25) is 5.91 Å². The van der Waals surface area contributed by atoms with E-state index in [9.17, 15) is 14.4 Å². The van der Waals surface area contributed by atoms with Gasteiger partial charge in [0.15, 0.2) is 0 Å². The van der Waals surface area contributed by atoms with Crippen LogP contribution in [0.1, 0.15) is 42.1 Å². The Hall–Kier alpha value is -2.42. The Balaban J connectivity index is 1.89. The van der Waals surface area contributed by atoms with Crippen LogP contribution in [-0.2, 0) is 9.59 Å². The molecule has 3 rings (SSSR count). The van der Waals surface area contributed by atoms with Gasteiger partial charge in [0.1, 0.15) is 11.1 Å². The van der Waals surface area contributed by atoms with E-state index >= 15 is 0 Å². The van der Waals surface area contributed by atoms with Gasteiger partial charge in [-0.2, -0.15) is 0 Å². The van der Waals surface area contributed by atoms with Crippen molar-refractivity contribution in [3.63, 3.8) is 0 Å². The first kappa shape index (κ1) is 23.2. The number of anilines is 1. The number of hydrazine groups is 1. The zero-order chi connectivity index (χ0) is 22.7. The van der Waals surface area contributed by atoms with E-state index < -0.39 is 11.3 Å². The molecule has 1 aliphatic heterocycles. The van der Waals surface area contributed by atoms with Gasteiger partial charge in [0.25, 0.3) is 11.8 Å². The lowest BCUT2D eigenvalue weighted by Crippen LogP contribution is -2.45. The van der Waals surface area contributed by atoms with Crippen molar-refractivity contribution in [2.24, 2.45) is 0 Å². The molecule has 1 aliphatic rings. The van der Waals surface area contributed by atoms with Crippen LogP contribution in [0.4, 0.5) is 5.69 Å². The van der Waals surface area contributed by atoms with Crippen LogP contribution in [0.15, 0.2) is 36.4 Å². The summed E-state index contributed by atoms with van der Waals surface area (Å²) in [6.45, 7) is 5.26. The molecule has 0 saturated carbocycles. The van der Waals surface area contributed by atoms with Crippen LogP contribution in [0.5, 0.6) is 5.75 Å². The second-order valence-corrected chi connectivity index (χ2v) is 9.04. The van der Waals surface area contributed by atoms with Gasteiger partial charge >= 0.3 is 0 Å². The molecular formula is C21H21Cl2N3O4S. The van der Waals surface area contributed by atoms with Crippen molar-refractivity contribution in [2.45, 2.75) is 31.4 Å². The molecule has 1 heterocycles. The largest absolute Gasteiger partial charge is 0.493 e. The highest BCUT2D eigenvalue weighted by Gasteiger charge is 2.41. The Morgan fingerprint density at radius 2 is 1.94 bits per heavy atom. The van der Waals surface area contributed by atoms with Crippen LogP contribution in [0.2, 0.25) is 10.0 Å². The summed E-state index contributed by atoms with van der Waals surface area (Å²) in [4.78, 5) is 37.1. The van der Waals surface area contributed by atoms with Gasteiger partial charge in [-0.05, 0) is 38.1 Å². The molecule has 7 nitrogen and oxygen atoms in total. The first-order valence-corrected chi connectivity index (χ1v) is 11.2. The molecule has 1 saturated heterocycles. The Labute approximate surface area is 194 Å². The molecule has 0 radical (unpaired) electrons. The van der Waals surface area contributed by atoms with Crippen LogP contribution in [-0.4, -0.2) is 34.6 Å². The zero-order valence-corrected chi connectivity index (χ0v) is 19.4. The molecule has 164 valence electrons. The van der Waals surface area contributed by atoms with Crippen molar-refractivity contribution in [3.8, 4) is 5.75 Å². The first-order valence-electron chi connectivity index (χ1n) is 9.50. The summed E-state index contributed by atoms with van der Waals surface area (Å²) in [7, 11) is 0. The van der Waals surface area contributed by atoms with Crippen LogP contribution in [0, 0.1) is 0 Å². The predicted octanol–water partition coefficient (Wildman–Crippen LogP) is 4.66. The molecule has 3 amide bonds. The lowest BCUT2D eigenvalue weighted by molar-refractivity contribution is -0.132. The Morgan fingerprint density at radius 1 is 1.19 bits per heavy atom. The molecule has 2 aromatic carbocycles. The maximum Gasteiger partial charge on any atom is 0.273 e. The van der Waals surface area contributed by atoms with Gasteiger partial charge in [-0.25, -0.2) is 5.01 Å². The second-order valence-electron chi connectivity index (χ2n) is 6.77. The summed E-state index contributed by atoms with van der Waals surface area (Å²) in [6.07, 6.45) is 0. The molecular weight excluding hydrogens is 461 g/mol. The van der Waals surface area contributed by atoms with Gasteiger partial charge in [0, 0.05) is 34.3 Å². The summed E-state index contributed by atoms with van der Waals surface area (Å²) in [5.41, 5.74) is 4.09. The maximum absolute atomic E-state index is 13.1. The molecule has 2 atom stereocenters. The summed E-state index contributed by atoms with van der Waals surface area (Å²) < 4.78 is 5.58. The fraction of sp³-hybridized carbons (Fsp3) is 0.286. The lowest BCUT2D eigenvalue weighted by atomic mass is 10.1. The van der Waals surface area contributed by atoms with Gasteiger partial charge < -0.3 is 10.1 Å². The molecule has 1 fully saturated rings. The van der Waals surface area contributed by atoms with E-state index in [0.29, 0.717) is 33.7 Å². The number of carbonyl (C=O) groups excluding carboxylic acids is 3. The minimum absolute atomic E-state index is 0.231. The SMILES string of the molecule is CCOc1cc(NC(C)=O)ccc1C(=O)NN1C(=O)[C@H](C)S[C@H]1c1ccc(Cl)cc1Cl. The Bertz CT molecular complexity index is 1030. The number of hydrogen-bond donors (Lipinski definition) is 2. The molecule has 2 N–H and O–H groups in total. The minimum Gasteiger partial charge on any atom is -0.493 e. The number of amides is 3. The Kier molecular flexibility index (Phi) is 7.35. The lowest BCUT2D eigenvalue weighted by Gasteiger charge is -2.25. The molecule has 0 spiro atoms. The van der Waals surface area contributed by atoms with E-state index in [0.717, 1.165) is 0 Å². The van der Waals surface area contributed by atoms with Crippen molar-refractivity contribution < 1.29 is 19.1 Å². The van der Waals surface area contributed by atoms with Crippen molar-refractivity contribution in [1.29, 1.82) is 0 Å². The molecule has 0 unspecified atom stereocenters. The molecule has 2 aromatic rings. The van der Waals surface area contributed by atoms with E-state index in [-0.39, 0.29) is 22.6 Å². The predicted molar refractivity (Wildman–Crippen MR) is 122 cm³/mol. The third kappa shape index (κ3) is 5.26. The fourth-order valence-electron chi connectivity index (χ4n) is 3.09. The number of benzene rings is 2. The molecule has 31 heavy (non-hydrogen) atoms. The minimum atomic E-state index is -0.518. The maximum atomic E-state index is 13.1. The van der Waals surface area contributed by atoms with Crippen LogP contribution >= 0.6 is 35.0 Å².